The third-order valence-corrected chi connectivity index (χ3v) is 6.46. The summed E-state index contributed by atoms with van der Waals surface area (Å²) in [6, 6.07) is 17.2. The molecule has 1 heterocycles. The van der Waals surface area contributed by atoms with Crippen molar-refractivity contribution in [1.82, 2.24) is 0 Å². The Bertz CT molecular complexity index is 797. The van der Waals surface area contributed by atoms with E-state index in [9.17, 15) is 8.42 Å². The van der Waals surface area contributed by atoms with Crippen LogP contribution in [0.15, 0.2) is 54.6 Å². The van der Waals surface area contributed by atoms with Crippen LogP contribution in [0, 0.1) is 0 Å². The van der Waals surface area contributed by atoms with Gasteiger partial charge in [0.2, 0.25) is 10.0 Å². The summed E-state index contributed by atoms with van der Waals surface area (Å²) < 4.78 is 28.0. The molecule has 0 saturated heterocycles. The second-order valence-corrected chi connectivity index (χ2v) is 8.80. The van der Waals surface area contributed by atoms with Crippen molar-refractivity contribution in [3.63, 3.8) is 0 Å². The molecule has 1 aliphatic heterocycles. The van der Waals surface area contributed by atoms with E-state index in [-0.39, 0.29) is 5.75 Å². The van der Waals surface area contributed by atoms with E-state index in [1.165, 1.54) is 0 Å². The normalized spacial score (nSPS) is 20.1. The predicted octanol–water partition coefficient (Wildman–Crippen LogP) is 4.31. The van der Waals surface area contributed by atoms with Crippen molar-refractivity contribution >= 4 is 15.7 Å². The minimum absolute atomic E-state index is 0.0278. The summed E-state index contributed by atoms with van der Waals surface area (Å²) in [7, 11) is -3.45. The predicted molar refractivity (Wildman–Crippen MR) is 95.1 cm³/mol. The highest BCUT2D eigenvalue weighted by atomic mass is 32.2. The van der Waals surface area contributed by atoms with E-state index in [0.29, 0.717) is 5.92 Å². The van der Waals surface area contributed by atoms with Crippen LogP contribution in [0.4, 0.5) is 5.69 Å². The number of hydrogen-bond acceptors (Lipinski definition) is 2. The molecule has 0 aliphatic carbocycles. The first kappa shape index (κ1) is 16.1. The van der Waals surface area contributed by atoms with Crippen LogP contribution in [0.5, 0.6) is 0 Å². The third kappa shape index (κ3) is 3.00. The van der Waals surface area contributed by atoms with Gasteiger partial charge in [-0.05, 0) is 43.4 Å². The Labute approximate surface area is 139 Å². The fraction of sp³-hybridized carbons (Fsp3) is 0.368. The van der Waals surface area contributed by atoms with Gasteiger partial charge in [-0.25, -0.2) is 8.42 Å². The summed E-state index contributed by atoms with van der Waals surface area (Å²) in [5.74, 6) is 0.379. The van der Waals surface area contributed by atoms with Crippen LogP contribution >= 0.6 is 0 Å². The van der Waals surface area contributed by atoms with Crippen molar-refractivity contribution in [2.45, 2.75) is 44.4 Å². The van der Waals surface area contributed by atoms with E-state index in [1.807, 2.05) is 68.4 Å². The van der Waals surface area contributed by atoms with Crippen molar-refractivity contribution in [3.8, 4) is 0 Å². The lowest BCUT2D eigenvalue weighted by Gasteiger charge is -2.46. The molecule has 0 saturated carbocycles. The first-order chi connectivity index (χ1) is 10.8. The molecule has 1 unspecified atom stereocenters. The molecule has 0 bridgehead atoms. The molecule has 0 spiro atoms. The van der Waals surface area contributed by atoms with Crippen LogP contribution < -0.4 is 4.31 Å². The lowest BCUT2D eigenvalue weighted by Crippen LogP contribution is -2.51. The highest BCUT2D eigenvalue weighted by Crippen LogP contribution is 2.45. The number of sulfonamides is 1. The highest BCUT2D eigenvalue weighted by molar-refractivity contribution is 7.92. The lowest BCUT2D eigenvalue weighted by molar-refractivity contribution is 0.413. The van der Waals surface area contributed by atoms with E-state index >= 15 is 0 Å². The van der Waals surface area contributed by atoms with E-state index in [1.54, 1.807) is 4.31 Å². The molecular formula is C19H23NO2S. The topological polar surface area (TPSA) is 37.4 Å². The SMILES string of the molecule is CC1CC(C)(C)N(S(=O)(=O)Cc2ccccc2)c2ccccc21. The molecule has 0 radical (unpaired) electrons. The second-order valence-electron chi connectivity index (χ2n) is 6.98. The summed E-state index contributed by atoms with van der Waals surface area (Å²) in [4.78, 5) is 0. The zero-order valence-corrected chi connectivity index (χ0v) is 14.7. The van der Waals surface area contributed by atoms with Gasteiger partial charge < -0.3 is 0 Å². The molecule has 2 aromatic carbocycles. The molecule has 3 rings (SSSR count). The summed E-state index contributed by atoms with van der Waals surface area (Å²) in [5, 5.41) is 0. The quantitative estimate of drug-likeness (QED) is 0.841. The summed E-state index contributed by atoms with van der Waals surface area (Å²) in [6.07, 6.45) is 0.817. The van der Waals surface area contributed by atoms with Gasteiger partial charge in [0.1, 0.15) is 0 Å². The Morgan fingerprint density at radius 3 is 2.35 bits per heavy atom. The molecular weight excluding hydrogens is 306 g/mol. The van der Waals surface area contributed by atoms with E-state index in [4.69, 9.17) is 0 Å². The molecule has 1 atom stereocenters. The largest absolute Gasteiger partial charge is 0.264 e. The fourth-order valence-corrected chi connectivity index (χ4v) is 5.77. The van der Waals surface area contributed by atoms with Crippen molar-refractivity contribution in [2.75, 3.05) is 4.31 Å². The van der Waals surface area contributed by atoms with Gasteiger partial charge in [0.15, 0.2) is 0 Å². The smallest absolute Gasteiger partial charge is 0.239 e. The summed E-state index contributed by atoms with van der Waals surface area (Å²) in [5.41, 5.74) is 2.33. The molecule has 0 amide bonds. The van der Waals surface area contributed by atoms with Crippen molar-refractivity contribution < 1.29 is 8.42 Å². The third-order valence-electron chi connectivity index (χ3n) is 4.51. The summed E-state index contributed by atoms with van der Waals surface area (Å²) in [6.45, 7) is 6.20. The van der Waals surface area contributed by atoms with E-state index in [2.05, 4.69) is 6.92 Å². The van der Waals surface area contributed by atoms with E-state index in [0.717, 1.165) is 23.2 Å². The molecule has 0 aromatic heterocycles. The lowest BCUT2D eigenvalue weighted by atomic mass is 9.82. The Balaban J connectivity index is 2.07. The highest BCUT2D eigenvalue weighted by Gasteiger charge is 2.42. The zero-order valence-electron chi connectivity index (χ0n) is 13.9. The van der Waals surface area contributed by atoms with Gasteiger partial charge >= 0.3 is 0 Å². The average Bonchev–Trinajstić information content (AvgIpc) is 2.46. The van der Waals surface area contributed by atoms with Gasteiger partial charge in [-0.15, -0.1) is 0 Å². The first-order valence-electron chi connectivity index (χ1n) is 7.97. The maximum Gasteiger partial charge on any atom is 0.239 e. The summed E-state index contributed by atoms with van der Waals surface area (Å²) >= 11 is 0. The minimum Gasteiger partial charge on any atom is -0.264 e. The van der Waals surface area contributed by atoms with Crippen molar-refractivity contribution in [2.24, 2.45) is 0 Å². The Morgan fingerprint density at radius 1 is 1.04 bits per heavy atom. The number of anilines is 1. The molecule has 0 fully saturated rings. The standard InChI is InChI=1S/C19H23NO2S/c1-15-13-19(2,3)20(18-12-8-7-11-17(15)18)23(21,22)14-16-9-5-4-6-10-16/h4-12,15H,13-14H2,1-3H3. The van der Waals surface area contributed by atoms with Crippen molar-refractivity contribution in [1.29, 1.82) is 0 Å². The monoisotopic (exact) mass is 329 g/mol. The number of benzene rings is 2. The molecule has 122 valence electrons. The molecule has 3 nitrogen and oxygen atoms in total. The number of rotatable bonds is 3. The number of fused-ring (bicyclic) bond motifs is 1. The zero-order chi connectivity index (χ0) is 16.7. The van der Waals surface area contributed by atoms with Crippen LogP contribution in [0.25, 0.3) is 0 Å². The molecule has 1 aliphatic rings. The number of para-hydroxylation sites is 1. The van der Waals surface area contributed by atoms with Gasteiger partial charge in [0.25, 0.3) is 0 Å². The van der Waals surface area contributed by atoms with Crippen LogP contribution in [-0.4, -0.2) is 14.0 Å². The molecule has 2 aromatic rings. The van der Waals surface area contributed by atoms with Crippen LogP contribution in [0.3, 0.4) is 0 Å². The molecule has 0 N–H and O–H groups in total. The van der Waals surface area contributed by atoms with Gasteiger partial charge in [0.05, 0.1) is 17.0 Å². The Morgan fingerprint density at radius 2 is 1.65 bits per heavy atom. The maximum absolute atomic E-state index is 13.2. The van der Waals surface area contributed by atoms with Crippen LogP contribution in [0.1, 0.15) is 44.2 Å². The Hall–Kier alpha value is -1.81. The minimum atomic E-state index is -3.45. The fourth-order valence-electron chi connectivity index (χ4n) is 3.73. The first-order valence-corrected chi connectivity index (χ1v) is 9.58. The van der Waals surface area contributed by atoms with Crippen LogP contribution in [-0.2, 0) is 15.8 Å². The van der Waals surface area contributed by atoms with Crippen molar-refractivity contribution in [3.05, 3.63) is 65.7 Å². The van der Waals surface area contributed by atoms with Gasteiger partial charge in [-0.3, -0.25) is 4.31 Å². The van der Waals surface area contributed by atoms with Crippen LogP contribution in [0.2, 0.25) is 0 Å². The average molecular weight is 329 g/mol. The second kappa shape index (κ2) is 5.68. The molecule has 4 heteroatoms. The number of hydrogen-bond donors (Lipinski definition) is 0. The Kier molecular flexibility index (Phi) is 3.96. The number of nitrogens with zero attached hydrogens (tertiary/aromatic N) is 1. The molecule has 23 heavy (non-hydrogen) atoms. The van der Waals surface area contributed by atoms with Gasteiger partial charge in [-0.2, -0.15) is 0 Å². The van der Waals surface area contributed by atoms with E-state index < -0.39 is 15.6 Å². The maximum atomic E-state index is 13.2. The van der Waals surface area contributed by atoms with Gasteiger partial charge in [-0.1, -0.05) is 55.5 Å². The van der Waals surface area contributed by atoms with Gasteiger partial charge in [0, 0.05) is 0 Å².